The van der Waals surface area contributed by atoms with Gasteiger partial charge in [-0.1, -0.05) is 17.7 Å². The molecule has 1 aliphatic heterocycles. The van der Waals surface area contributed by atoms with Gasteiger partial charge in [0.25, 0.3) is 0 Å². The number of hydrogen-bond donors (Lipinski definition) is 1. The van der Waals surface area contributed by atoms with E-state index in [1.165, 1.54) is 0 Å². The summed E-state index contributed by atoms with van der Waals surface area (Å²) in [6.07, 6.45) is 0.389. The zero-order valence-electron chi connectivity index (χ0n) is 11.9. The Kier molecular flexibility index (Phi) is 3.88. The summed E-state index contributed by atoms with van der Waals surface area (Å²) < 4.78 is 0. The number of carbonyl (C=O) groups excluding carboxylic acids is 3. The molecule has 0 saturated carbocycles. The van der Waals surface area contributed by atoms with Crippen LogP contribution in [0.15, 0.2) is 18.2 Å². The second kappa shape index (κ2) is 5.45. The van der Waals surface area contributed by atoms with Crippen LogP contribution in [0.2, 0.25) is 0 Å². The molecule has 0 radical (unpaired) electrons. The second-order valence-corrected chi connectivity index (χ2v) is 5.14. The molecule has 1 N–H and O–H groups in total. The Balaban J connectivity index is 2.11. The van der Waals surface area contributed by atoms with Crippen molar-refractivity contribution >= 4 is 23.4 Å². The summed E-state index contributed by atoms with van der Waals surface area (Å²) in [5.41, 5.74) is 2.76. The Bertz CT molecular complexity index is 564. The molecule has 5 nitrogen and oxygen atoms in total. The number of hydrogen-bond acceptors (Lipinski definition) is 3. The molecule has 5 heteroatoms. The van der Waals surface area contributed by atoms with Crippen LogP contribution in [0.5, 0.6) is 0 Å². The summed E-state index contributed by atoms with van der Waals surface area (Å²) in [5.74, 6) is -0.905. The molecule has 0 spiro atoms. The van der Waals surface area contributed by atoms with Crippen molar-refractivity contribution in [1.29, 1.82) is 0 Å². The lowest BCUT2D eigenvalue weighted by molar-refractivity contribution is -0.144. The Morgan fingerprint density at radius 3 is 2.35 bits per heavy atom. The minimum absolute atomic E-state index is 0.194. The monoisotopic (exact) mass is 274 g/mol. The van der Waals surface area contributed by atoms with Crippen LogP contribution in [0.4, 0.5) is 5.69 Å². The zero-order chi connectivity index (χ0) is 14.9. The second-order valence-electron chi connectivity index (χ2n) is 5.14. The van der Waals surface area contributed by atoms with Crippen molar-refractivity contribution in [3.05, 3.63) is 29.3 Å². The third kappa shape index (κ3) is 2.71. The van der Waals surface area contributed by atoms with Crippen molar-refractivity contribution in [3.8, 4) is 0 Å². The van der Waals surface area contributed by atoms with Gasteiger partial charge in [0.05, 0.1) is 0 Å². The van der Waals surface area contributed by atoms with Gasteiger partial charge in [-0.15, -0.1) is 0 Å². The van der Waals surface area contributed by atoms with Gasteiger partial charge in [-0.2, -0.15) is 0 Å². The molecule has 1 aliphatic rings. The minimum Gasteiger partial charge on any atom is -0.324 e. The van der Waals surface area contributed by atoms with E-state index in [1.807, 2.05) is 32.0 Å². The SMILES string of the molecule is Cc1ccc(NC(=O)[C@@H](C)N2C(=O)CCC2=O)c(C)c1. The van der Waals surface area contributed by atoms with Gasteiger partial charge in [0.2, 0.25) is 17.7 Å². The molecule has 106 valence electrons. The fourth-order valence-electron chi connectivity index (χ4n) is 2.33. The molecular formula is C15H18N2O3. The van der Waals surface area contributed by atoms with E-state index < -0.39 is 6.04 Å². The van der Waals surface area contributed by atoms with E-state index in [0.29, 0.717) is 5.69 Å². The summed E-state index contributed by atoms with van der Waals surface area (Å²) in [5, 5.41) is 2.77. The predicted molar refractivity (Wildman–Crippen MR) is 75.1 cm³/mol. The van der Waals surface area contributed by atoms with Crippen LogP contribution in [0.1, 0.15) is 30.9 Å². The maximum Gasteiger partial charge on any atom is 0.247 e. The highest BCUT2D eigenvalue weighted by Gasteiger charge is 2.36. The van der Waals surface area contributed by atoms with Gasteiger partial charge in [0.1, 0.15) is 6.04 Å². The lowest BCUT2D eigenvalue weighted by atomic mass is 10.1. The number of rotatable bonds is 3. The van der Waals surface area contributed by atoms with Crippen molar-refractivity contribution in [2.24, 2.45) is 0 Å². The van der Waals surface area contributed by atoms with Crippen LogP contribution in [-0.2, 0) is 14.4 Å². The predicted octanol–water partition coefficient (Wildman–Crippen LogP) is 1.78. The van der Waals surface area contributed by atoms with Gasteiger partial charge >= 0.3 is 0 Å². The fourth-order valence-corrected chi connectivity index (χ4v) is 2.33. The van der Waals surface area contributed by atoms with E-state index in [2.05, 4.69) is 5.32 Å². The van der Waals surface area contributed by atoms with Gasteiger partial charge in [-0.05, 0) is 32.4 Å². The molecule has 0 bridgehead atoms. The van der Waals surface area contributed by atoms with Gasteiger partial charge in [0, 0.05) is 18.5 Å². The van der Waals surface area contributed by atoms with Crippen molar-refractivity contribution in [3.63, 3.8) is 0 Å². The van der Waals surface area contributed by atoms with Crippen LogP contribution in [-0.4, -0.2) is 28.7 Å². The average molecular weight is 274 g/mol. The molecular weight excluding hydrogens is 256 g/mol. The molecule has 2 rings (SSSR count). The molecule has 0 aromatic heterocycles. The minimum atomic E-state index is -0.779. The van der Waals surface area contributed by atoms with Crippen molar-refractivity contribution < 1.29 is 14.4 Å². The number of benzene rings is 1. The molecule has 20 heavy (non-hydrogen) atoms. The summed E-state index contributed by atoms with van der Waals surface area (Å²) in [6, 6.07) is 4.91. The lowest BCUT2D eigenvalue weighted by Crippen LogP contribution is -2.45. The maximum absolute atomic E-state index is 12.2. The number of anilines is 1. The van der Waals surface area contributed by atoms with Crippen LogP contribution in [0, 0.1) is 13.8 Å². The number of nitrogens with zero attached hydrogens (tertiary/aromatic N) is 1. The Morgan fingerprint density at radius 1 is 1.20 bits per heavy atom. The first-order chi connectivity index (χ1) is 9.40. The van der Waals surface area contributed by atoms with Crippen LogP contribution < -0.4 is 5.32 Å². The molecule has 3 amide bonds. The lowest BCUT2D eigenvalue weighted by Gasteiger charge is -2.22. The van der Waals surface area contributed by atoms with Gasteiger partial charge in [-0.3, -0.25) is 19.3 Å². The standard InChI is InChI=1S/C15H18N2O3/c1-9-4-5-12(10(2)8-9)16-15(20)11(3)17-13(18)6-7-14(17)19/h4-5,8,11H,6-7H2,1-3H3,(H,16,20)/t11-/m1/s1. The average Bonchev–Trinajstić information content (AvgIpc) is 2.71. The van der Waals surface area contributed by atoms with Crippen molar-refractivity contribution in [2.45, 2.75) is 39.7 Å². The smallest absolute Gasteiger partial charge is 0.247 e. The van der Waals surface area contributed by atoms with E-state index in [1.54, 1.807) is 6.92 Å². The highest BCUT2D eigenvalue weighted by molar-refractivity contribution is 6.07. The van der Waals surface area contributed by atoms with E-state index in [0.717, 1.165) is 16.0 Å². The highest BCUT2D eigenvalue weighted by Crippen LogP contribution is 2.19. The van der Waals surface area contributed by atoms with Crippen LogP contribution >= 0.6 is 0 Å². The molecule has 1 aromatic carbocycles. The number of carbonyl (C=O) groups is 3. The molecule has 1 fully saturated rings. The molecule has 1 atom stereocenters. The third-order valence-electron chi connectivity index (χ3n) is 3.50. The molecule has 1 aromatic rings. The number of aryl methyl sites for hydroxylation is 2. The normalized spacial score (nSPS) is 16.4. The molecule has 1 heterocycles. The van der Waals surface area contributed by atoms with E-state index >= 15 is 0 Å². The van der Waals surface area contributed by atoms with Crippen LogP contribution in [0.25, 0.3) is 0 Å². The summed E-state index contributed by atoms with van der Waals surface area (Å²) >= 11 is 0. The summed E-state index contributed by atoms with van der Waals surface area (Å²) in [7, 11) is 0. The quantitative estimate of drug-likeness (QED) is 0.854. The first-order valence-electron chi connectivity index (χ1n) is 6.63. The molecule has 0 aliphatic carbocycles. The maximum atomic E-state index is 12.2. The number of amides is 3. The van der Waals surface area contributed by atoms with Crippen molar-refractivity contribution in [1.82, 2.24) is 4.90 Å². The topological polar surface area (TPSA) is 66.5 Å². The van der Waals surface area contributed by atoms with E-state index in [-0.39, 0.29) is 30.6 Å². The Labute approximate surface area is 118 Å². The highest BCUT2D eigenvalue weighted by atomic mass is 16.2. The number of nitrogens with one attached hydrogen (secondary N) is 1. The molecule has 1 saturated heterocycles. The summed E-state index contributed by atoms with van der Waals surface area (Å²) in [4.78, 5) is 36.5. The van der Waals surface area contributed by atoms with Gasteiger partial charge in [-0.25, -0.2) is 0 Å². The van der Waals surface area contributed by atoms with E-state index in [4.69, 9.17) is 0 Å². The Morgan fingerprint density at radius 2 is 1.80 bits per heavy atom. The largest absolute Gasteiger partial charge is 0.324 e. The Hall–Kier alpha value is -2.17. The number of likely N-dealkylation sites (tertiary alicyclic amines) is 1. The van der Waals surface area contributed by atoms with E-state index in [9.17, 15) is 14.4 Å². The fraction of sp³-hybridized carbons (Fsp3) is 0.400. The number of imide groups is 1. The van der Waals surface area contributed by atoms with Crippen LogP contribution in [0.3, 0.4) is 0 Å². The summed E-state index contributed by atoms with van der Waals surface area (Å²) in [6.45, 7) is 5.45. The third-order valence-corrected chi connectivity index (χ3v) is 3.50. The molecule has 0 unspecified atom stereocenters. The first-order valence-corrected chi connectivity index (χ1v) is 6.63. The first kappa shape index (κ1) is 14.2. The van der Waals surface area contributed by atoms with Gasteiger partial charge < -0.3 is 5.32 Å². The van der Waals surface area contributed by atoms with Gasteiger partial charge in [0.15, 0.2) is 0 Å². The zero-order valence-corrected chi connectivity index (χ0v) is 11.9. The van der Waals surface area contributed by atoms with Crippen molar-refractivity contribution in [2.75, 3.05) is 5.32 Å².